The molecule has 0 heterocycles. The summed E-state index contributed by atoms with van der Waals surface area (Å²) in [5.41, 5.74) is 44.5. The molecule has 0 spiro atoms. The third-order valence-electron chi connectivity index (χ3n) is 10.5. The number of guanidine groups is 2. The number of nitrogens with two attached hydrogens (primary N) is 8. The molecule has 624 valence electrons. The topological polar surface area (TPSA) is 652 Å². The number of carbonyl (C=O) groups excluding carboxylic acids is 5. The Balaban J connectivity index is -0.000000256. The number of alkyl halides is 21. The summed E-state index contributed by atoms with van der Waals surface area (Å²) in [5, 5.41) is 67.4. The van der Waals surface area contributed by atoms with Gasteiger partial charge in [-0.25, -0.2) is 33.6 Å². The lowest BCUT2D eigenvalue weighted by atomic mass is 10.1. The molecular weight excluding hydrogens is 1530 g/mol. The average molecular weight is 1610 g/mol. The first-order valence-corrected chi connectivity index (χ1v) is 29.2. The third-order valence-corrected chi connectivity index (χ3v) is 10.5. The van der Waals surface area contributed by atoms with E-state index in [1.54, 1.807) is 0 Å². The van der Waals surface area contributed by atoms with Crippen LogP contribution in [-0.2, 0) is 57.5 Å². The quantitative estimate of drug-likeness (QED) is 0.0178. The Morgan fingerprint density at radius 3 is 0.811 bits per heavy atom. The highest BCUT2D eigenvalue weighted by molar-refractivity contribution is 5.88. The molecule has 0 aromatic carbocycles. The van der Waals surface area contributed by atoms with Crippen molar-refractivity contribution in [1.29, 1.82) is 0 Å². The maximum absolute atomic E-state index is 13.1. The van der Waals surface area contributed by atoms with E-state index in [1.807, 2.05) is 0 Å². The summed E-state index contributed by atoms with van der Waals surface area (Å²) in [6.45, 7) is 4.54. The molecule has 0 aliphatic carbocycles. The van der Waals surface area contributed by atoms with Gasteiger partial charge in [-0.1, -0.05) is 6.42 Å². The zero-order chi connectivity index (χ0) is 85.2. The Labute approximate surface area is 584 Å². The van der Waals surface area contributed by atoms with Gasteiger partial charge in [0, 0.05) is 45.7 Å². The second kappa shape index (κ2) is 59.7. The van der Waals surface area contributed by atoms with Crippen molar-refractivity contribution < 1.29 is 185 Å². The number of carboxylic acids is 7. The van der Waals surface area contributed by atoms with Gasteiger partial charge in [-0.15, -0.1) is 0 Å². The molecule has 0 rings (SSSR count). The van der Waals surface area contributed by atoms with Crippen LogP contribution in [-0.4, -0.2) is 245 Å². The van der Waals surface area contributed by atoms with E-state index in [4.69, 9.17) is 115 Å². The molecule has 5 amide bonds. The van der Waals surface area contributed by atoms with Crippen molar-refractivity contribution in [3.63, 3.8) is 0 Å². The molecule has 0 unspecified atom stereocenters. The number of nitrogens with zero attached hydrogens (tertiary/aromatic N) is 2. The maximum atomic E-state index is 13.1. The number of halogens is 21. The minimum absolute atomic E-state index is 0.00970. The highest BCUT2D eigenvalue weighted by Gasteiger charge is 2.42. The number of amides is 5. The predicted molar refractivity (Wildman–Crippen MR) is 321 cm³/mol. The predicted octanol–water partition coefficient (Wildman–Crippen LogP) is 0.688. The molecule has 56 heteroatoms. The van der Waals surface area contributed by atoms with E-state index in [9.17, 15) is 116 Å². The normalized spacial score (nSPS) is 12.2. The Morgan fingerprint density at radius 2 is 0.538 bits per heavy atom. The molecule has 0 aliphatic heterocycles. The third kappa shape index (κ3) is 81.8. The summed E-state index contributed by atoms with van der Waals surface area (Å²) >= 11 is 0. The van der Waals surface area contributed by atoms with Crippen LogP contribution in [0.15, 0.2) is 9.98 Å². The van der Waals surface area contributed by atoms with Gasteiger partial charge >= 0.3 is 85.0 Å². The zero-order valence-electron chi connectivity index (χ0n) is 55.0. The number of unbranched alkanes of at least 4 members (excludes halogenated alkanes) is 4. The van der Waals surface area contributed by atoms with Crippen molar-refractivity contribution in [3.05, 3.63) is 0 Å². The smallest absolute Gasteiger partial charge is 0.475 e. The van der Waals surface area contributed by atoms with Crippen molar-refractivity contribution in [2.45, 2.75) is 170 Å². The Morgan fingerprint density at radius 1 is 0.311 bits per heavy atom. The van der Waals surface area contributed by atoms with Crippen molar-refractivity contribution in [1.82, 2.24) is 31.9 Å². The average Bonchev–Trinajstić information content (AvgIpc) is 1.73. The maximum Gasteiger partial charge on any atom is 0.490 e. The highest BCUT2D eigenvalue weighted by atomic mass is 19.4. The summed E-state index contributed by atoms with van der Waals surface area (Å²) in [4.78, 5) is 133. The van der Waals surface area contributed by atoms with Gasteiger partial charge < -0.3 is 114 Å². The van der Waals surface area contributed by atoms with Gasteiger partial charge in [-0.2, -0.15) is 92.2 Å². The number of hydrogen-bond donors (Lipinski definition) is 21. The number of aliphatic imine (C=N–C) groups is 2. The first-order valence-electron chi connectivity index (χ1n) is 29.2. The second-order valence-corrected chi connectivity index (χ2v) is 19.7. The second-order valence-electron chi connectivity index (χ2n) is 19.7. The summed E-state index contributed by atoms with van der Waals surface area (Å²) in [6, 6.07) is -2.62. The van der Waals surface area contributed by atoms with E-state index in [-0.39, 0.29) is 47.9 Å². The van der Waals surface area contributed by atoms with Crippen molar-refractivity contribution in [2.75, 3.05) is 58.9 Å². The number of hydrogen-bond acceptors (Lipinski definition) is 19. The van der Waals surface area contributed by atoms with Crippen molar-refractivity contribution in [3.8, 4) is 0 Å². The Hall–Kier alpha value is -9.49. The molecule has 35 nitrogen and oxygen atoms in total. The van der Waals surface area contributed by atoms with Crippen LogP contribution in [0.2, 0.25) is 0 Å². The fourth-order valence-corrected chi connectivity index (χ4v) is 5.44. The van der Waals surface area contributed by atoms with Crippen LogP contribution >= 0.6 is 0 Å². The molecule has 29 N–H and O–H groups in total. The lowest BCUT2D eigenvalue weighted by Crippen LogP contribution is -2.47. The SMILES string of the molecule is NCCCC[C@H](N)C(=O)NCCCCC(=O)N[C@@H](CCCCNC(=O)[C@@H](N)CCCN=C(N)N)C(=O)NCCCCNCCCNC(=O)[C@@H](N)CCCN=C(N)N.O=C(O)C(F)(F)F.O=C(O)C(F)(F)F.O=C(O)C(F)(F)F.O=C(O)C(F)(F)F.O=C(O)C(F)(F)F.O=C(O)C(F)(F)F.O=C(O)C(F)(F)F. The molecule has 0 bridgehead atoms. The van der Waals surface area contributed by atoms with Gasteiger partial charge in [0.15, 0.2) is 11.9 Å². The molecule has 0 saturated heterocycles. The minimum atomic E-state index is -5.08. The van der Waals surface area contributed by atoms with Gasteiger partial charge in [-0.05, 0) is 110 Å². The van der Waals surface area contributed by atoms with E-state index in [0.717, 1.165) is 38.6 Å². The van der Waals surface area contributed by atoms with Crippen LogP contribution in [0.5, 0.6) is 0 Å². The number of nitrogens with one attached hydrogen (secondary N) is 6. The van der Waals surface area contributed by atoms with Gasteiger partial charge in [0.25, 0.3) is 0 Å². The molecule has 106 heavy (non-hydrogen) atoms. The number of carboxylic acid groups (broad SMARTS) is 7. The molecule has 0 aromatic heterocycles. The number of carbonyl (C=O) groups is 12. The van der Waals surface area contributed by atoms with E-state index in [1.165, 1.54) is 0 Å². The Bertz CT molecular complexity index is 2400. The van der Waals surface area contributed by atoms with Gasteiger partial charge in [0.2, 0.25) is 29.5 Å². The van der Waals surface area contributed by atoms with Crippen LogP contribution in [0.3, 0.4) is 0 Å². The molecule has 0 aliphatic rings. The number of aliphatic carboxylic acids is 7. The van der Waals surface area contributed by atoms with Crippen LogP contribution < -0.4 is 77.8 Å². The lowest BCUT2D eigenvalue weighted by Gasteiger charge is -2.19. The van der Waals surface area contributed by atoms with Crippen molar-refractivity contribution >= 4 is 83.2 Å². The molecule has 0 saturated carbocycles. The summed E-state index contributed by atoms with van der Waals surface area (Å²) < 4.78 is 222. The molecular formula is C50H83F21N16O19. The van der Waals surface area contributed by atoms with E-state index in [0.29, 0.717) is 117 Å². The van der Waals surface area contributed by atoms with E-state index in [2.05, 4.69) is 41.9 Å². The molecule has 0 fully saturated rings. The first kappa shape index (κ1) is 112. The van der Waals surface area contributed by atoms with Crippen LogP contribution in [0.4, 0.5) is 92.2 Å². The fraction of sp³-hybridized carbons (Fsp3) is 0.720. The van der Waals surface area contributed by atoms with Gasteiger partial charge in [-0.3, -0.25) is 34.0 Å². The Kier molecular flexibility index (Phi) is 63.3. The van der Waals surface area contributed by atoms with Gasteiger partial charge in [0.1, 0.15) is 6.04 Å². The summed E-state index contributed by atoms with van der Waals surface area (Å²) in [7, 11) is 0. The number of rotatable bonds is 36. The standard InChI is InChI=1S/C36H76N16O5.7C2HF3O2/c37-17-4-1-12-26(38)31(54)47-21-6-3-16-30(53)52-29(15-2-5-20-46-32(55)27(39)13-9-23-50-35(41)42)34(57)49-22-8-7-18-45-19-11-25-48-33(56)28(40)14-10-24-51-36(43)44;7*3-2(4,5)1(6)7/h26-29,45H,1-25,37-40H2,(H,46,55)(H,47,54)(H,48,56)(H,49,57)(H,52,53)(H4,41,42,50)(H4,43,44,51);7*(H,6,7)/t26-,27-,28-,29-;;;;;;;/m0......./s1. The zero-order valence-corrected chi connectivity index (χ0v) is 55.0. The summed E-state index contributed by atoms with van der Waals surface area (Å²) in [6.07, 6.45) is -26.2. The minimum Gasteiger partial charge on any atom is -0.475 e. The largest absolute Gasteiger partial charge is 0.490 e. The first-order chi connectivity index (χ1) is 47.9. The lowest BCUT2D eigenvalue weighted by molar-refractivity contribution is -0.193. The molecule has 0 aromatic rings. The van der Waals surface area contributed by atoms with E-state index < -0.39 is 109 Å². The van der Waals surface area contributed by atoms with Crippen LogP contribution in [0.1, 0.15) is 103 Å². The van der Waals surface area contributed by atoms with Crippen LogP contribution in [0, 0.1) is 0 Å². The monoisotopic (exact) mass is 1610 g/mol. The van der Waals surface area contributed by atoms with Crippen molar-refractivity contribution in [2.24, 2.45) is 55.9 Å². The fourth-order valence-electron chi connectivity index (χ4n) is 5.44. The van der Waals surface area contributed by atoms with Crippen LogP contribution in [0.25, 0.3) is 0 Å². The highest BCUT2D eigenvalue weighted by Crippen LogP contribution is 2.17. The van der Waals surface area contributed by atoms with E-state index >= 15 is 0 Å². The molecule has 4 atom stereocenters. The summed E-state index contributed by atoms with van der Waals surface area (Å²) in [5.74, 6) is -20.5. The van der Waals surface area contributed by atoms with Gasteiger partial charge in [0.05, 0.1) is 18.1 Å². The molecule has 0 radical (unpaired) electrons.